The van der Waals surface area contributed by atoms with Crippen molar-refractivity contribution in [2.24, 2.45) is 12.8 Å². The van der Waals surface area contributed by atoms with E-state index in [-0.39, 0.29) is 0 Å². The summed E-state index contributed by atoms with van der Waals surface area (Å²) in [5.41, 5.74) is 7.72. The van der Waals surface area contributed by atoms with Crippen LogP contribution in [-0.4, -0.2) is 15.8 Å². The molecule has 2 aromatic rings. The van der Waals surface area contributed by atoms with Crippen molar-refractivity contribution in [2.75, 3.05) is 10.6 Å². The third-order valence-electron chi connectivity index (χ3n) is 2.39. The molecule has 0 bridgehead atoms. The maximum atomic E-state index is 10.7. The van der Waals surface area contributed by atoms with Crippen molar-refractivity contribution in [3.8, 4) is 0 Å². The van der Waals surface area contributed by atoms with E-state index in [9.17, 15) is 4.79 Å². The highest BCUT2D eigenvalue weighted by Gasteiger charge is 1.99. The molecular formula is C12H15N5O. The van der Waals surface area contributed by atoms with Crippen molar-refractivity contribution in [2.45, 2.75) is 6.54 Å². The van der Waals surface area contributed by atoms with Crippen molar-refractivity contribution in [3.63, 3.8) is 0 Å². The molecular weight excluding hydrogens is 230 g/mol. The summed E-state index contributed by atoms with van der Waals surface area (Å²) in [7, 11) is 1.88. The van der Waals surface area contributed by atoms with Crippen LogP contribution < -0.4 is 16.4 Å². The van der Waals surface area contributed by atoms with Gasteiger partial charge < -0.3 is 16.4 Å². The number of benzene rings is 1. The minimum absolute atomic E-state index is 0.570. The number of aryl methyl sites for hydroxylation is 1. The first-order valence-corrected chi connectivity index (χ1v) is 5.51. The number of hydrogen-bond acceptors (Lipinski definition) is 3. The van der Waals surface area contributed by atoms with Crippen molar-refractivity contribution in [1.82, 2.24) is 9.78 Å². The van der Waals surface area contributed by atoms with Crippen LogP contribution in [0.2, 0.25) is 0 Å². The number of amides is 2. The molecule has 0 aliphatic heterocycles. The number of nitrogens with one attached hydrogen (secondary N) is 2. The Morgan fingerprint density at radius 1 is 1.44 bits per heavy atom. The number of carbonyl (C=O) groups excluding carboxylic acids is 1. The lowest BCUT2D eigenvalue weighted by Crippen LogP contribution is -2.19. The molecule has 2 amide bonds. The summed E-state index contributed by atoms with van der Waals surface area (Å²) >= 11 is 0. The Morgan fingerprint density at radius 3 is 2.89 bits per heavy atom. The Morgan fingerprint density at radius 2 is 2.22 bits per heavy atom. The van der Waals surface area contributed by atoms with E-state index in [1.54, 1.807) is 16.9 Å². The second-order valence-electron chi connectivity index (χ2n) is 3.95. The number of nitrogens with two attached hydrogens (primary N) is 1. The lowest BCUT2D eigenvalue weighted by Gasteiger charge is -2.07. The number of aromatic nitrogens is 2. The second-order valence-corrected chi connectivity index (χ2v) is 3.95. The third kappa shape index (κ3) is 3.24. The van der Waals surface area contributed by atoms with E-state index >= 15 is 0 Å². The minimum atomic E-state index is -0.570. The Bertz CT molecular complexity index is 549. The fourth-order valence-electron chi connectivity index (χ4n) is 1.62. The number of urea groups is 1. The first kappa shape index (κ1) is 12.0. The number of primary amides is 1. The van der Waals surface area contributed by atoms with Gasteiger partial charge in [0.1, 0.15) is 0 Å². The Kier molecular flexibility index (Phi) is 3.47. The summed E-state index contributed by atoms with van der Waals surface area (Å²) in [4.78, 5) is 10.7. The van der Waals surface area contributed by atoms with Crippen LogP contribution in [0.5, 0.6) is 0 Å². The first-order valence-electron chi connectivity index (χ1n) is 5.51. The van der Waals surface area contributed by atoms with E-state index in [1.165, 1.54) is 0 Å². The number of anilines is 2. The molecule has 0 spiro atoms. The van der Waals surface area contributed by atoms with Crippen molar-refractivity contribution >= 4 is 17.4 Å². The summed E-state index contributed by atoms with van der Waals surface area (Å²) in [5.74, 6) is 0. The average Bonchev–Trinajstić information content (AvgIpc) is 2.72. The summed E-state index contributed by atoms with van der Waals surface area (Å²) in [5, 5.41) is 9.86. The predicted molar refractivity (Wildman–Crippen MR) is 70.2 cm³/mol. The fraction of sp³-hybridized carbons (Fsp3) is 0.167. The molecule has 94 valence electrons. The zero-order chi connectivity index (χ0) is 13.0. The number of hydrogen-bond donors (Lipinski definition) is 3. The molecule has 1 aromatic heterocycles. The lowest BCUT2D eigenvalue weighted by molar-refractivity contribution is 0.259. The molecule has 1 heterocycles. The molecule has 18 heavy (non-hydrogen) atoms. The largest absolute Gasteiger partial charge is 0.381 e. The SMILES string of the molecule is Cn1cc(CNc2cccc(NC(N)=O)c2)cn1. The number of nitrogens with zero attached hydrogens (tertiary/aromatic N) is 2. The van der Waals surface area contributed by atoms with Gasteiger partial charge in [-0.1, -0.05) is 6.07 Å². The van der Waals surface area contributed by atoms with Crippen LogP contribution in [0.15, 0.2) is 36.7 Å². The van der Waals surface area contributed by atoms with Crippen molar-refractivity contribution in [3.05, 3.63) is 42.2 Å². The highest BCUT2D eigenvalue weighted by atomic mass is 16.2. The van der Waals surface area contributed by atoms with Gasteiger partial charge in [0.15, 0.2) is 0 Å². The third-order valence-corrected chi connectivity index (χ3v) is 2.39. The number of rotatable bonds is 4. The average molecular weight is 245 g/mol. The fourth-order valence-corrected chi connectivity index (χ4v) is 1.62. The molecule has 0 aliphatic rings. The van der Waals surface area contributed by atoms with Gasteiger partial charge in [0.25, 0.3) is 0 Å². The quantitative estimate of drug-likeness (QED) is 0.763. The Balaban J connectivity index is 1.98. The van der Waals surface area contributed by atoms with E-state index in [0.717, 1.165) is 11.3 Å². The zero-order valence-electron chi connectivity index (χ0n) is 10.1. The summed E-state index contributed by atoms with van der Waals surface area (Å²) < 4.78 is 1.75. The van der Waals surface area contributed by atoms with Crippen LogP contribution >= 0.6 is 0 Å². The maximum Gasteiger partial charge on any atom is 0.316 e. The molecule has 0 saturated carbocycles. The molecule has 4 N–H and O–H groups in total. The van der Waals surface area contributed by atoms with Gasteiger partial charge in [-0.25, -0.2) is 4.79 Å². The van der Waals surface area contributed by atoms with Crippen LogP contribution in [-0.2, 0) is 13.6 Å². The maximum absolute atomic E-state index is 10.7. The predicted octanol–water partition coefficient (Wildman–Crippen LogP) is 1.52. The highest BCUT2D eigenvalue weighted by molar-refractivity contribution is 5.88. The molecule has 6 nitrogen and oxygen atoms in total. The van der Waals surface area contributed by atoms with Crippen LogP contribution in [0, 0.1) is 0 Å². The highest BCUT2D eigenvalue weighted by Crippen LogP contribution is 2.15. The van der Waals surface area contributed by atoms with Crippen LogP contribution in [0.3, 0.4) is 0 Å². The molecule has 0 unspecified atom stereocenters. The smallest absolute Gasteiger partial charge is 0.316 e. The number of carbonyl (C=O) groups is 1. The second kappa shape index (κ2) is 5.22. The van der Waals surface area contributed by atoms with Crippen molar-refractivity contribution in [1.29, 1.82) is 0 Å². The van der Waals surface area contributed by atoms with Gasteiger partial charge in [-0.15, -0.1) is 0 Å². The topological polar surface area (TPSA) is 85.0 Å². The molecule has 0 radical (unpaired) electrons. The standard InChI is InChI=1S/C12H15N5O/c1-17-8-9(7-15-17)6-14-10-3-2-4-11(5-10)16-12(13)18/h2-5,7-8,14H,6H2,1H3,(H3,13,16,18). The zero-order valence-corrected chi connectivity index (χ0v) is 10.1. The molecule has 2 rings (SSSR count). The van der Waals surface area contributed by atoms with E-state index in [1.807, 2.05) is 31.4 Å². The Labute approximate surface area is 105 Å². The summed E-state index contributed by atoms with van der Waals surface area (Å²) in [6.07, 6.45) is 3.75. The Hall–Kier alpha value is -2.50. The minimum Gasteiger partial charge on any atom is -0.381 e. The molecule has 1 aromatic carbocycles. The molecule has 0 aliphatic carbocycles. The monoisotopic (exact) mass is 245 g/mol. The van der Waals surface area contributed by atoms with Crippen LogP contribution in [0.25, 0.3) is 0 Å². The summed E-state index contributed by atoms with van der Waals surface area (Å²) in [6.45, 7) is 0.674. The van der Waals surface area contributed by atoms with E-state index < -0.39 is 6.03 Å². The van der Waals surface area contributed by atoms with Gasteiger partial charge in [-0.3, -0.25) is 4.68 Å². The van der Waals surface area contributed by atoms with E-state index in [0.29, 0.717) is 12.2 Å². The van der Waals surface area contributed by atoms with Gasteiger partial charge >= 0.3 is 6.03 Å². The lowest BCUT2D eigenvalue weighted by atomic mass is 10.2. The van der Waals surface area contributed by atoms with Gasteiger partial charge in [0.05, 0.1) is 6.20 Å². The van der Waals surface area contributed by atoms with Gasteiger partial charge in [0, 0.05) is 36.7 Å². The molecule has 0 fully saturated rings. The molecule has 6 heteroatoms. The van der Waals surface area contributed by atoms with Crippen LogP contribution in [0.4, 0.5) is 16.2 Å². The molecule has 0 saturated heterocycles. The van der Waals surface area contributed by atoms with Gasteiger partial charge in [-0.2, -0.15) is 5.10 Å². The molecule has 0 atom stereocenters. The van der Waals surface area contributed by atoms with Crippen LogP contribution in [0.1, 0.15) is 5.56 Å². The van der Waals surface area contributed by atoms with Gasteiger partial charge in [0.2, 0.25) is 0 Å². The van der Waals surface area contributed by atoms with E-state index in [2.05, 4.69) is 15.7 Å². The normalized spacial score (nSPS) is 10.1. The first-order chi connectivity index (χ1) is 8.63. The van der Waals surface area contributed by atoms with Gasteiger partial charge in [-0.05, 0) is 18.2 Å². The summed E-state index contributed by atoms with van der Waals surface area (Å²) in [6, 6.07) is 6.79. The van der Waals surface area contributed by atoms with Crippen molar-refractivity contribution < 1.29 is 4.79 Å². The van der Waals surface area contributed by atoms with E-state index in [4.69, 9.17) is 5.73 Å².